The molecule has 0 amide bonds. The van der Waals surface area contributed by atoms with Crippen molar-refractivity contribution >= 4 is 11.9 Å². The fourth-order valence-corrected chi connectivity index (χ4v) is 1.06. The van der Waals surface area contributed by atoms with Crippen LogP contribution in [0, 0.1) is 10.1 Å². The Morgan fingerprint density at radius 2 is 2.29 bits per heavy atom. The third-order valence-corrected chi connectivity index (χ3v) is 1.68. The second kappa shape index (κ2) is 4.33. The van der Waals surface area contributed by atoms with Gasteiger partial charge in [0.2, 0.25) is 0 Å². The minimum atomic E-state index is -0.578. The summed E-state index contributed by atoms with van der Waals surface area (Å²) in [5.74, 6) is 0. The molecule has 74 valence electrons. The Morgan fingerprint density at radius 1 is 1.57 bits per heavy atom. The number of aliphatic hydroxyl groups excluding tert-OH is 1. The highest BCUT2D eigenvalue weighted by molar-refractivity contribution is 5.80. The highest BCUT2D eigenvalue weighted by Gasteiger charge is 2.12. The second-order valence-electron chi connectivity index (χ2n) is 2.55. The molecule has 0 atom stereocenters. The summed E-state index contributed by atoms with van der Waals surface area (Å²) in [5.41, 5.74) is 0.525. The quantitative estimate of drug-likeness (QED) is 0.325. The van der Waals surface area contributed by atoms with Crippen molar-refractivity contribution in [3.63, 3.8) is 0 Å². The molecule has 0 spiro atoms. The van der Waals surface area contributed by atoms with Crippen molar-refractivity contribution in [3.05, 3.63) is 39.4 Å². The number of nitro groups is 1. The topological polar surface area (TPSA) is 96.0 Å². The van der Waals surface area contributed by atoms with Gasteiger partial charge in [0.05, 0.1) is 23.3 Å². The Kier molecular flexibility index (Phi) is 3.14. The lowest BCUT2D eigenvalue weighted by Crippen LogP contribution is -1.96. The van der Waals surface area contributed by atoms with Gasteiger partial charge in [-0.2, -0.15) is 0 Å². The second-order valence-corrected chi connectivity index (χ2v) is 2.55. The summed E-state index contributed by atoms with van der Waals surface area (Å²) >= 11 is 0. The molecule has 6 nitrogen and oxygen atoms in total. The summed E-state index contributed by atoms with van der Waals surface area (Å²) in [6.45, 7) is -0.427. The predicted octanol–water partition coefficient (Wildman–Crippen LogP) is 0.895. The minimum absolute atomic E-state index is 0.150. The number of aliphatic hydroxyl groups is 1. The molecule has 0 aromatic heterocycles. The minimum Gasteiger partial charge on any atom is -0.411 e. The standard InChI is InChI=1S/C8H8N2O4/c11-5-7-3-6(4-9-12)1-2-8(7)10(13)14/h1-4,11-12H,5H2/b9-4+. The molecule has 14 heavy (non-hydrogen) atoms. The van der Waals surface area contributed by atoms with Crippen molar-refractivity contribution in [1.82, 2.24) is 0 Å². The first kappa shape index (κ1) is 10.1. The molecule has 0 aliphatic carbocycles. The van der Waals surface area contributed by atoms with Gasteiger partial charge in [-0.25, -0.2) is 0 Å². The van der Waals surface area contributed by atoms with Crippen molar-refractivity contribution in [3.8, 4) is 0 Å². The lowest BCUT2D eigenvalue weighted by molar-refractivity contribution is -0.385. The molecule has 0 fully saturated rings. The number of nitro benzene ring substituents is 1. The Hall–Kier alpha value is -1.95. The van der Waals surface area contributed by atoms with Gasteiger partial charge in [0.1, 0.15) is 0 Å². The van der Waals surface area contributed by atoms with Crippen molar-refractivity contribution < 1.29 is 15.2 Å². The summed E-state index contributed by atoms with van der Waals surface area (Å²) in [5, 5.41) is 30.3. The van der Waals surface area contributed by atoms with Crippen molar-refractivity contribution in [2.75, 3.05) is 0 Å². The lowest BCUT2D eigenvalue weighted by Gasteiger charge is -1.99. The first-order valence-electron chi connectivity index (χ1n) is 3.74. The number of rotatable bonds is 3. The van der Waals surface area contributed by atoms with Gasteiger partial charge in [0, 0.05) is 6.07 Å². The highest BCUT2D eigenvalue weighted by atomic mass is 16.6. The van der Waals surface area contributed by atoms with Crippen LogP contribution in [0.4, 0.5) is 5.69 Å². The van der Waals surface area contributed by atoms with E-state index in [1.165, 1.54) is 18.2 Å². The van der Waals surface area contributed by atoms with Gasteiger partial charge >= 0.3 is 0 Å². The van der Waals surface area contributed by atoms with E-state index in [9.17, 15) is 10.1 Å². The largest absolute Gasteiger partial charge is 0.411 e. The van der Waals surface area contributed by atoms with E-state index in [1.54, 1.807) is 0 Å². The SMILES string of the molecule is O=[N+]([O-])c1ccc(/C=N/O)cc1CO. The van der Waals surface area contributed by atoms with E-state index >= 15 is 0 Å². The Balaban J connectivity index is 3.17. The van der Waals surface area contributed by atoms with Crippen LogP contribution in [-0.2, 0) is 6.61 Å². The number of hydrogen-bond donors (Lipinski definition) is 2. The maximum Gasteiger partial charge on any atom is 0.274 e. The van der Waals surface area contributed by atoms with Crippen LogP contribution in [0.25, 0.3) is 0 Å². The first-order chi connectivity index (χ1) is 6.69. The van der Waals surface area contributed by atoms with Crippen LogP contribution in [0.3, 0.4) is 0 Å². The molecule has 1 aromatic carbocycles. The van der Waals surface area contributed by atoms with E-state index in [2.05, 4.69) is 5.16 Å². The van der Waals surface area contributed by atoms with E-state index in [4.69, 9.17) is 10.3 Å². The van der Waals surface area contributed by atoms with Crippen molar-refractivity contribution in [2.24, 2.45) is 5.16 Å². The Bertz CT molecular complexity index is 376. The number of hydrogen-bond acceptors (Lipinski definition) is 5. The Morgan fingerprint density at radius 3 is 2.79 bits per heavy atom. The molecular formula is C8H8N2O4. The summed E-state index contributed by atoms with van der Waals surface area (Å²) in [6.07, 6.45) is 1.13. The third kappa shape index (κ3) is 2.05. The van der Waals surface area contributed by atoms with Crippen molar-refractivity contribution in [2.45, 2.75) is 6.61 Å². The molecule has 0 heterocycles. The van der Waals surface area contributed by atoms with Gasteiger partial charge in [-0.1, -0.05) is 5.16 Å². The van der Waals surface area contributed by atoms with Gasteiger partial charge in [0.15, 0.2) is 0 Å². The molecule has 1 rings (SSSR count). The van der Waals surface area contributed by atoms with Crippen molar-refractivity contribution in [1.29, 1.82) is 0 Å². The molecule has 0 bridgehead atoms. The molecular weight excluding hydrogens is 188 g/mol. The van der Waals surface area contributed by atoms with Gasteiger partial charge in [-0.15, -0.1) is 0 Å². The van der Waals surface area contributed by atoms with E-state index in [0.29, 0.717) is 5.56 Å². The van der Waals surface area contributed by atoms with Crippen LogP contribution in [0.5, 0.6) is 0 Å². The molecule has 6 heteroatoms. The van der Waals surface area contributed by atoms with Crippen LogP contribution in [-0.4, -0.2) is 21.5 Å². The average Bonchev–Trinajstić information content (AvgIpc) is 2.17. The molecule has 0 unspecified atom stereocenters. The maximum atomic E-state index is 10.5. The summed E-state index contributed by atoms with van der Waals surface area (Å²) in [4.78, 5) is 9.88. The molecule has 1 aromatic rings. The monoisotopic (exact) mass is 196 g/mol. The summed E-state index contributed by atoms with van der Waals surface area (Å²) in [6, 6.07) is 4.07. The lowest BCUT2D eigenvalue weighted by atomic mass is 10.1. The van der Waals surface area contributed by atoms with Crippen LogP contribution >= 0.6 is 0 Å². The highest BCUT2D eigenvalue weighted by Crippen LogP contribution is 2.19. The fourth-order valence-electron chi connectivity index (χ4n) is 1.06. The average molecular weight is 196 g/mol. The molecule has 0 aliphatic rings. The van der Waals surface area contributed by atoms with Gasteiger partial charge in [-0.3, -0.25) is 10.1 Å². The third-order valence-electron chi connectivity index (χ3n) is 1.68. The zero-order chi connectivity index (χ0) is 10.6. The van der Waals surface area contributed by atoms with Gasteiger partial charge < -0.3 is 10.3 Å². The van der Waals surface area contributed by atoms with E-state index in [1.807, 2.05) is 0 Å². The number of oxime groups is 1. The van der Waals surface area contributed by atoms with Crippen LogP contribution in [0.1, 0.15) is 11.1 Å². The molecule has 0 saturated heterocycles. The van der Waals surface area contributed by atoms with E-state index in [-0.39, 0.29) is 11.3 Å². The van der Waals surface area contributed by atoms with Gasteiger partial charge in [-0.05, 0) is 17.7 Å². The normalized spacial score (nSPS) is 10.6. The number of benzene rings is 1. The van der Waals surface area contributed by atoms with E-state index in [0.717, 1.165) is 6.21 Å². The van der Waals surface area contributed by atoms with Crippen LogP contribution in [0.15, 0.2) is 23.4 Å². The number of nitrogens with zero attached hydrogens (tertiary/aromatic N) is 2. The zero-order valence-electron chi connectivity index (χ0n) is 7.12. The summed E-state index contributed by atoms with van der Waals surface area (Å²) in [7, 11) is 0. The van der Waals surface area contributed by atoms with Crippen LogP contribution in [0.2, 0.25) is 0 Å². The van der Waals surface area contributed by atoms with Gasteiger partial charge in [0.25, 0.3) is 5.69 Å². The molecule has 0 aliphatic heterocycles. The fraction of sp³-hybridized carbons (Fsp3) is 0.125. The summed E-state index contributed by atoms with van der Waals surface area (Å²) < 4.78 is 0. The molecule has 0 saturated carbocycles. The zero-order valence-corrected chi connectivity index (χ0v) is 7.12. The molecule has 2 N–H and O–H groups in total. The predicted molar refractivity (Wildman–Crippen MR) is 48.4 cm³/mol. The first-order valence-corrected chi connectivity index (χ1v) is 3.74. The molecule has 0 radical (unpaired) electrons. The van der Waals surface area contributed by atoms with Crippen LogP contribution < -0.4 is 0 Å². The Labute approximate surface area is 79.3 Å². The van der Waals surface area contributed by atoms with E-state index < -0.39 is 11.5 Å². The maximum absolute atomic E-state index is 10.5. The smallest absolute Gasteiger partial charge is 0.274 e.